The molecule has 0 aliphatic carbocycles. The molecule has 0 saturated heterocycles. The summed E-state index contributed by atoms with van der Waals surface area (Å²) in [6.07, 6.45) is 0. The minimum absolute atomic E-state index is 0.0453. The third-order valence-corrected chi connectivity index (χ3v) is 4.09. The lowest BCUT2D eigenvalue weighted by Crippen LogP contribution is -2.18. The van der Waals surface area contributed by atoms with Crippen LogP contribution in [-0.2, 0) is 0 Å². The zero-order valence-corrected chi connectivity index (χ0v) is 11.3. The monoisotopic (exact) mass is 261 g/mol. The molecular weight excluding hydrogens is 246 g/mol. The summed E-state index contributed by atoms with van der Waals surface area (Å²) in [6, 6.07) is 6.15. The second kappa shape index (κ2) is 4.31. The number of nitrogens with one attached hydrogen (secondary N) is 1. The molecule has 0 unspecified atom stereocenters. The molecule has 1 aliphatic heterocycles. The highest BCUT2D eigenvalue weighted by atomic mass is 32.2. The van der Waals surface area contributed by atoms with Crippen LogP contribution in [0.15, 0.2) is 28.0 Å². The number of H-pyrrole nitrogens is 1. The summed E-state index contributed by atoms with van der Waals surface area (Å²) < 4.78 is 1.79. The SMILES string of the molecule is CC(C)n1c(=O)[nH]c2c(C3=NCCS3)cccc21. The van der Waals surface area contributed by atoms with E-state index >= 15 is 0 Å². The molecule has 1 aliphatic rings. The Kier molecular flexibility index (Phi) is 2.78. The van der Waals surface area contributed by atoms with Crippen molar-refractivity contribution < 1.29 is 0 Å². The summed E-state index contributed by atoms with van der Waals surface area (Å²) in [7, 11) is 0. The van der Waals surface area contributed by atoms with Crippen LogP contribution in [0.3, 0.4) is 0 Å². The molecule has 2 heterocycles. The van der Waals surface area contributed by atoms with Crippen LogP contribution >= 0.6 is 11.8 Å². The number of hydrogen-bond acceptors (Lipinski definition) is 3. The van der Waals surface area contributed by atoms with E-state index < -0.39 is 0 Å². The Balaban J connectivity index is 2.29. The highest BCUT2D eigenvalue weighted by Crippen LogP contribution is 2.25. The third-order valence-electron chi connectivity index (χ3n) is 3.09. The molecule has 0 radical (unpaired) electrons. The number of aliphatic imine (C=N–C) groups is 1. The predicted octanol–water partition coefficient (Wildman–Crippen LogP) is 2.40. The summed E-state index contributed by atoms with van der Waals surface area (Å²) in [5.41, 5.74) is 2.87. The number of thioether (sulfide) groups is 1. The molecule has 1 aromatic heterocycles. The Morgan fingerprint density at radius 1 is 1.44 bits per heavy atom. The molecule has 3 rings (SSSR count). The van der Waals surface area contributed by atoms with Gasteiger partial charge in [-0.3, -0.25) is 9.56 Å². The van der Waals surface area contributed by atoms with Gasteiger partial charge in [-0.25, -0.2) is 4.79 Å². The van der Waals surface area contributed by atoms with E-state index in [2.05, 4.69) is 9.98 Å². The van der Waals surface area contributed by atoms with Gasteiger partial charge in [0.25, 0.3) is 0 Å². The Labute approximate surface area is 109 Å². The maximum atomic E-state index is 12.0. The van der Waals surface area contributed by atoms with Gasteiger partial charge in [0.05, 0.1) is 16.1 Å². The van der Waals surface area contributed by atoms with Gasteiger partial charge in [0, 0.05) is 23.9 Å². The Morgan fingerprint density at radius 3 is 2.94 bits per heavy atom. The van der Waals surface area contributed by atoms with Crippen molar-refractivity contribution in [3.05, 3.63) is 34.2 Å². The molecule has 1 aromatic carbocycles. The molecule has 0 bridgehead atoms. The van der Waals surface area contributed by atoms with Crippen LogP contribution in [0, 0.1) is 0 Å². The van der Waals surface area contributed by atoms with Gasteiger partial charge in [0.2, 0.25) is 0 Å². The van der Waals surface area contributed by atoms with Crippen LogP contribution < -0.4 is 5.69 Å². The number of para-hydroxylation sites is 1. The standard InChI is InChI=1S/C13H15N3OS/c1-8(2)16-10-5-3-4-9(11(10)15-13(16)17)12-14-6-7-18-12/h3-5,8H,6-7H2,1-2H3,(H,15,17). The number of aromatic nitrogens is 2. The second-order valence-corrected chi connectivity index (χ2v) is 5.71. The summed E-state index contributed by atoms with van der Waals surface area (Å²) in [5.74, 6) is 1.03. The van der Waals surface area contributed by atoms with E-state index in [0.29, 0.717) is 0 Å². The van der Waals surface area contributed by atoms with Crippen molar-refractivity contribution >= 4 is 27.8 Å². The largest absolute Gasteiger partial charge is 0.326 e. The first-order chi connectivity index (χ1) is 8.68. The number of fused-ring (bicyclic) bond motifs is 1. The molecule has 94 valence electrons. The molecule has 5 heteroatoms. The van der Waals surface area contributed by atoms with Crippen molar-refractivity contribution in [2.45, 2.75) is 19.9 Å². The van der Waals surface area contributed by atoms with Crippen LogP contribution in [0.25, 0.3) is 11.0 Å². The van der Waals surface area contributed by atoms with Crippen LogP contribution in [0.2, 0.25) is 0 Å². The van der Waals surface area contributed by atoms with Crippen LogP contribution in [0.1, 0.15) is 25.5 Å². The lowest BCUT2D eigenvalue weighted by atomic mass is 10.2. The molecular formula is C13H15N3OS. The summed E-state index contributed by atoms with van der Waals surface area (Å²) >= 11 is 1.75. The van der Waals surface area contributed by atoms with E-state index in [1.165, 1.54) is 0 Å². The van der Waals surface area contributed by atoms with Crippen LogP contribution in [0.5, 0.6) is 0 Å². The number of aromatic amines is 1. The first-order valence-electron chi connectivity index (χ1n) is 6.09. The maximum Gasteiger partial charge on any atom is 0.326 e. The van der Waals surface area contributed by atoms with E-state index in [9.17, 15) is 4.79 Å². The third kappa shape index (κ3) is 1.70. The van der Waals surface area contributed by atoms with Crippen molar-refractivity contribution in [2.75, 3.05) is 12.3 Å². The first kappa shape index (κ1) is 11.6. The van der Waals surface area contributed by atoms with Gasteiger partial charge < -0.3 is 4.98 Å². The van der Waals surface area contributed by atoms with Gasteiger partial charge in [0.1, 0.15) is 0 Å². The number of benzene rings is 1. The molecule has 2 aromatic rings. The second-order valence-electron chi connectivity index (χ2n) is 4.63. The quantitative estimate of drug-likeness (QED) is 0.902. The van der Waals surface area contributed by atoms with Crippen LogP contribution in [0.4, 0.5) is 0 Å². The van der Waals surface area contributed by atoms with Gasteiger partial charge >= 0.3 is 5.69 Å². The number of nitrogens with zero attached hydrogens (tertiary/aromatic N) is 2. The van der Waals surface area contributed by atoms with Crippen molar-refractivity contribution in [3.63, 3.8) is 0 Å². The lowest BCUT2D eigenvalue weighted by Gasteiger charge is -2.07. The molecule has 0 amide bonds. The molecule has 1 N–H and O–H groups in total. The Hall–Kier alpha value is -1.49. The molecule has 4 nitrogen and oxygen atoms in total. The fraction of sp³-hybridized carbons (Fsp3) is 0.385. The van der Waals surface area contributed by atoms with Gasteiger partial charge in [0.15, 0.2) is 0 Å². The first-order valence-corrected chi connectivity index (χ1v) is 7.08. The van der Waals surface area contributed by atoms with Gasteiger partial charge in [-0.1, -0.05) is 12.1 Å². The van der Waals surface area contributed by atoms with Crippen LogP contribution in [-0.4, -0.2) is 26.9 Å². The Bertz CT molecular complexity index is 681. The fourth-order valence-corrected chi connectivity index (χ4v) is 3.22. The smallest absolute Gasteiger partial charge is 0.305 e. The van der Waals surface area contributed by atoms with Gasteiger partial charge in [-0.15, -0.1) is 11.8 Å². The highest BCUT2D eigenvalue weighted by molar-refractivity contribution is 8.14. The zero-order valence-electron chi connectivity index (χ0n) is 10.4. The van der Waals surface area contributed by atoms with E-state index in [0.717, 1.165) is 33.9 Å². The molecule has 0 fully saturated rings. The number of hydrogen-bond donors (Lipinski definition) is 1. The average Bonchev–Trinajstić information content (AvgIpc) is 2.93. The summed E-state index contributed by atoms with van der Waals surface area (Å²) in [4.78, 5) is 19.5. The molecule has 18 heavy (non-hydrogen) atoms. The minimum Gasteiger partial charge on any atom is -0.305 e. The van der Waals surface area contributed by atoms with E-state index in [-0.39, 0.29) is 11.7 Å². The predicted molar refractivity (Wildman–Crippen MR) is 76.8 cm³/mol. The maximum absolute atomic E-state index is 12.0. The number of imidazole rings is 1. The molecule has 0 saturated carbocycles. The van der Waals surface area contributed by atoms with Crippen molar-refractivity contribution in [1.82, 2.24) is 9.55 Å². The molecule has 0 atom stereocenters. The zero-order chi connectivity index (χ0) is 12.7. The lowest BCUT2D eigenvalue weighted by molar-refractivity contribution is 0.598. The van der Waals surface area contributed by atoms with E-state index in [1.54, 1.807) is 16.3 Å². The van der Waals surface area contributed by atoms with Crippen molar-refractivity contribution in [2.24, 2.45) is 4.99 Å². The fourth-order valence-electron chi connectivity index (χ4n) is 2.34. The highest BCUT2D eigenvalue weighted by Gasteiger charge is 2.17. The normalized spacial score (nSPS) is 15.6. The topological polar surface area (TPSA) is 50.1 Å². The summed E-state index contributed by atoms with van der Waals surface area (Å²) in [5, 5.41) is 1.04. The number of rotatable bonds is 2. The van der Waals surface area contributed by atoms with E-state index in [4.69, 9.17) is 0 Å². The Morgan fingerprint density at radius 2 is 2.28 bits per heavy atom. The van der Waals surface area contributed by atoms with E-state index in [1.807, 2.05) is 32.0 Å². The average molecular weight is 261 g/mol. The summed E-state index contributed by atoms with van der Waals surface area (Å²) in [6.45, 7) is 4.90. The molecule has 0 spiro atoms. The van der Waals surface area contributed by atoms with Gasteiger partial charge in [-0.05, 0) is 19.9 Å². The minimum atomic E-state index is -0.0453. The van der Waals surface area contributed by atoms with Crippen molar-refractivity contribution in [3.8, 4) is 0 Å². The van der Waals surface area contributed by atoms with Gasteiger partial charge in [-0.2, -0.15) is 0 Å². The van der Waals surface area contributed by atoms with Crippen molar-refractivity contribution in [1.29, 1.82) is 0 Å².